The van der Waals surface area contributed by atoms with E-state index in [-0.39, 0.29) is 10.8 Å². The van der Waals surface area contributed by atoms with E-state index in [4.69, 9.17) is 0 Å². The van der Waals surface area contributed by atoms with Crippen molar-refractivity contribution < 1.29 is 13.2 Å². The predicted molar refractivity (Wildman–Crippen MR) is 102 cm³/mol. The van der Waals surface area contributed by atoms with Crippen LogP contribution in [0.3, 0.4) is 0 Å². The summed E-state index contributed by atoms with van der Waals surface area (Å²) in [6.07, 6.45) is 2.89. The van der Waals surface area contributed by atoms with Crippen molar-refractivity contribution in [2.45, 2.75) is 18.2 Å². The van der Waals surface area contributed by atoms with E-state index in [1.54, 1.807) is 24.0 Å². The van der Waals surface area contributed by atoms with Gasteiger partial charge in [-0.05, 0) is 41.8 Å². The van der Waals surface area contributed by atoms with E-state index >= 15 is 0 Å². The van der Waals surface area contributed by atoms with Gasteiger partial charge in [0, 0.05) is 25.2 Å². The zero-order valence-electron chi connectivity index (χ0n) is 14.7. The van der Waals surface area contributed by atoms with Crippen molar-refractivity contribution in [3.63, 3.8) is 0 Å². The molecule has 0 bridgehead atoms. The van der Waals surface area contributed by atoms with Gasteiger partial charge < -0.3 is 4.90 Å². The van der Waals surface area contributed by atoms with Crippen molar-refractivity contribution in [1.82, 2.24) is 9.62 Å². The third-order valence-electron chi connectivity index (χ3n) is 4.39. The first kappa shape index (κ1) is 18.4. The Hall–Kier alpha value is -2.44. The predicted octanol–water partition coefficient (Wildman–Crippen LogP) is 2.91. The molecule has 26 heavy (non-hydrogen) atoms. The molecule has 0 saturated heterocycles. The molecule has 0 saturated carbocycles. The molecule has 5 nitrogen and oxygen atoms in total. The molecule has 0 unspecified atom stereocenters. The van der Waals surface area contributed by atoms with Crippen molar-refractivity contribution >= 4 is 21.5 Å². The fourth-order valence-electron chi connectivity index (χ4n) is 3.00. The molecule has 1 amide bonds. The van der Waals surface area contributed by atoms with Crippen molar-refractivity contribution in [2.75, 3.05) is 19.6 Å². The molecular weight excluding hydrogens is 348 g/mol. The maximum absolute atomic E-state index is 12.7. The number of nitrogens with zero attached hydrogens (tertiary/aromatic N) is 1. The largest absolute Gasteiger partial charge is 0.335 e. The zero-order chi connectivity index (χ0) is 18.6. The average Bonchev–Trinajstić information content (AvgIpc) is 2.68. The summed E-state index contributed by atoms with van der Waals surface area (Å²) in [7, 11) is -3.50. The van der Waals surface area contributed by atoms with Crippen LogP contribution in [-0.4, -0.2) is 38.9 Å². The van der Waals surface area contributed by atoms with E-state index in [2.05, 4.69) is 22.9 Å². The molecule has 6 heteroatoms. The molecule has 0 radical (unpaired) electrons. The number of carbonyl (C=O) groups excluding carboxylic acids is 1. The monoisotopic (exact) mass is 370 g/mol. The second-order valence-electron chi connectivity index (χ2n) is 6.12. The van der Waals surface area contributed by atoms with Gasteiger partial charge in [-0.25, -0.2) is 13.1 Å². The second-order valence-corrected chi connectivity index (χ2v) is 7.89. The molecule has 1 aliphatic heterocycles. The van der Waals surface area contributed by atoms with Gasteiger partial charge >= 0.3 is 0 Å². The summed E-state index contributed by atoms with van der Waals surface area (Å²) in [5.41, 5.74) is 2.94. The Morgan fingerprint density at radius 3 is 2.35 bits per heavy atom. The fraction of sp³-hybridized carbons (Fsp3) is 0.250. The summed E-state index contributed by atoms with van der Waals surface area (Å²) >= 11 is 0. The number of amides is 1. The summed E-state index contributed by atoms with van der Waals surface area (Å²) in [6, 6.07) is 16.3. The highest BCUT2D eigenvalue weighted by molar-refractivity contribution is 7.89. The molecule has 1 N–H and O–H groups in total. The lowest BCUT2D eigenvalue weighted by atomic mass is 9.99. The number of benzene rings is 2. The smallest absolute Gasteiger partial charge is 0.254 e. The Balaban J connectivity index is 1.70. The van der Waals surface area contributed by atoms with Crippen LogP contribution < -0.4 is 4.72 Å². The Kier molecular flexibility index (Phi) is 5.54. The minimum absolute atomic E-state index is 0.0826. The van der Waals surface area contributed by atoms with Crippen LogP contribution in [0.25, 0.3) is 5.57 Å². The standard InChI is InChI=1S/C20H22N2O3S/c1-2-21-26(24,25)19-10-8-18(9-11-19)20(23)22-14-12-17(13-15-22)16-6-4-3-5-7-16/h3-12,21H,2,13-15H2,1H3. The minimum atomic E-state index is -3.50. The SMILES string of the molecule is CCNS(=O)(=O)c1ccc(C(=O)N2CC=C(c3ccccc3)CC2)cc1. The van der Waals surface area contributed by atoms with Crippen molar-refractivity contribution in [3.05, 3.63) is 71.8 Å². The first-order valence-electron chi connectivity index (χ1n) is 8.64. The normalized spacial score (nSPS) is 14.8. The molecule has 0 atom stereocenters. The number of sulfonamides is 1. The van der Waals surface area contributed by atoms with Crippen LogP contribution in [-0.2, 0) is 10.0 Å². The van der Waals surface area contributed by atoms with Crippen molar-refractivity contribution in [2.24, 2.45) is 0 Å². The van der Waals surface area contributed by atoms with Gasteiger partial charge in [-0.2, -0.15) is 0 Å². The summed E-state index contributed by atoms with van der Waals surface area (Å²) in [4.78, 5) is 14.6. The zero-order valence-corrected chi connectivity index (χ0v) is 15.5. The second kappa shape index (κ2) is 7.85. The van der Waals surface area contributed by atoms with Gasteiger partial charge in [-0.15, -0.1) is 0 Å². The van der Waals surface area contributed by atoms with Crippen molar-refractivity contribution in [3.8, 4) is 0 Å². The molecule has 1 heterocycles. The van der Waals surface area contributed by atoms with Crippen LogP contribution >= 0.6 is 0 Å². The molecule has 0 spiro atoms. The quantitative estimate of drug-likeness (QED) is 0.880. The van der Waals surface area contributed by atoms with Crippen LogP contribution in [0.15, 0.2) is 65.6 Å². The summed E-state index contributed by atoms with van der Waals surface area (Å²) in [5.74, 6) is -0.0826. The lowest BCUT2D eigenvalue weighted by Gasteiger charge is -2.27. The third kappa shape index (κ3) is 4.03. The van der Waals surface area contributed by atoms with Gasteiger partial charge in [0.25, 0.3) is 5.91 Å². The topological polar surface area (TPSA) is 66.5 Å². The van der Waals surface area contributed by atoms with Crippen LogP contribution in [0, 0.1) is 0 Å². The Labute approximate surface area is 154 Å². The van der Waals surface area contributed by atoms with E-state index < -0.39 is 10.0 Å². The van der Waals surface area contributed by atoms with Crippen LogP contribution in [0.5, 0.6) is 0 Å². The molecule has 0 fully saturated rings. The average molecular weight is 370 g/mol. The highest BCUT2D eigenvalue weighted by Crippen LogP contribution is 2.23. The van der Waals surface area contributed by atoms with E-state index in [0.717, 1.165) is 6.42 Å². The van der Waals surface area contributed by atoms with Crippen LogP contribution in [0.4, 0.5) is 0 Å². The van der Waals surface area contributed by atoms with Gasteiger partial charge in [0.05, 0.1) is 4.90 Å². The summed E-state index contributed by atoms with van der Waals surface area (Å²) < 4.78 is 26.4. The highest BCUT2D eigenvalue weighted by Gasteiger charge is 2.20. The molecule has 0 aliphatic carbocycles. The van der Waals surface area contributed by atoms with E-state index in [9.17, 15) is 13.2 Å². The Morgan fingerprint density at radius 2 is 1.77 bits per heavy atom. The molecule has 0 aromatic heterocycles. The molecule has 1 aliphatic rings. The lowest BCUT2D eigenvalue weighted by Crippen LogP contribution is -2.34. The molecule has 2 aromatic rings. The lowest BCUT2D eigenvalue weighted by molar-refractivity contribution is 0.0773. The fourth-order valence-corrected chi connectivity index (χ4v) is 4.04. The molecule has 136 valence electrons. The molecule has 2 aromatic carbocycles. The molecule has 3 rings (SSSR count). The number of rotatable bonds is 5. The van der Waals surface area contributed by atoms with Gasteiger partial charge in [0.1, 0.15) is 0 Å². The van der Waals surface area contributed by atoms with Crippen LogP contribution in [0.1, 0.15) is 29.3 Å². The van der Waals surface area contributed by atoms with Gasteiger partial charge in [-0.3, -0.25) is 4.79 Å². The maximum Gasteiger partial charge on any atom is 0.254 e. The Morgan fingerprint density at radius 1 is 1.08 bits per heavy atom. The number of carbonyl (C=O) groups is 1. The summed E-state index contributed by atoms with van der Waals surface area (Å²) in [5, 5.41) is 0. The first-order chi connectivity index (χ1) is 12.5. The van der Waals surface area contributed by atoms with E-state index in [1.165, 1.54) is 23.3 Å². The van der Waals surface area contributed by atoms with Crippen LogP contribution in [0.2, 0.25) is 0 Å². The third-order valence-corrected chi connectivity index (χ3v) is 5.95. The van der Waals surface area contributed by atoms with Crippen molar-refractivity contribution in [1.29, 1.82) is 0 Å². The van der Waals surface area contributed by atoms with Gasteiger partial charge in [0.15, 0.2) is 0 Å². The van der Waals surface area contributed by atoms with E-state index in [0.29, 0.717) is 25.2 Å². The maximum atomic E-state index is 12.7. The minimum Gasteiger partial charge on any atom is -0.335 e. The van der Waals surface area contributed by atoms with Gasteiger partial charge in [-0.1, -0.05) is 43.3 Å². The number of nitrogens with one attached hydrogen (secondary N) is 1. The number of hydrogen-bond donors (Lipinski definition) is 1. The molecular formula is C20H22N2O3S. The first-order valence-corrected chi connectivity index (χ1v) is 10.1. The summed E-state index contributed by atoms with van der Waals surface area (Å²) in [6.45, 7) is 3.26. The van der Waals surface area contributed by atoms with Gasteiger partial charge in [0.2, 0.25) is 10.0 Å². The van der Waals surface area contributed by atoms with E-state index in [1.807, 2.05) is 18.2 Å². The Bertz CT molecular complexity index is 904. The number of hydrogen-bond acceptors (Lipinski definition) is 3. The highest BCUT2D eigenvalue weighted by atomic mass is 32.2.